The van der Waals surface area contributed by atoms with E-state index in [-0.39, 0.29) is 11.2 Å². The van der Waals surface area contributed by atoms with Crippen molar-refractivity contribution in [1.82, 2.24) is 0 Å². The van der Waals surface area contributed by atoms with E-state index < -0.39 is 0 Å². The van der Waals surface area contributed by atoms with Gasteiger partial charge in [-0.3, -0.25) is 4.79 Å². The number of carbonyl (C=O) groups is 1. The monoisotopic (exact) mass is 221 g/mol. The lowest BCUT2D eigenvalue weighted by atomic mass is 9.72. The van der Waals surface area contributed by atoms with Crippen LogP contribution in [0.1, 0.15) is 40.5 Å². The lowest BCUT2D eigenvalue weighted by Gasteiger charge is -2.33. The van der Waals surface area contributed by atoms with Crippen LogP contribution >= 0.6 is 0 Å². The average molecular weight is 221 g/mol. The van der Waals surface area contributed by atoms with Gasteiger partial charge in [0.25, 0.3) is 0 Å². The van der Waals surface area contributed by atoms with Gasteiger partial charge in [0.15, 0.2) is 5.78 Å². The van der Waals surface area contributed by atoms with Gasteiger partial charge in [0.05, 0.1) is 5.71 Å². The number of hydrogen-bond donors (Lipinski definition) is 1. The fraction of sp³-hybridized carbons (Fsp3) is 0.538. The molecule has 0 aromatic rings. The molecular weight excluding hydrogens is 202 g/mol. The number of ketones is 1. The van der Waals surface area contributed by atoms with E-state index in [0.29, 0.717) is 0 Å². The van der Waals surface area contributed by atoms with Crippen molar-refractivity contribution >= 4 is 11.5 Å². The summed E-state index contributed by atoms with van der Waals surface area (Å²) in [7, 11) is 0. The smallest absolute Gasteiger partial charge is 0.152 e. The second-order valence-electron chi connectivity index (χ2n) is 4.91. The first-order chi connectivity index (χ1) is 7.38. The van der Waals surface area contributed by atoms with Gasteiger partial charge in [-0.1, -0.05) is 25.1 Å². The molecule has 0 heterocycles. The van der Waals surface area contributed by atoms with Gasteiger partial charge < -0.3 is 5.21 Å². The summed E-state index contributed by atoms with van der Waals surface area (Å²) in [4.78, 5) is 11.0. The zero-order chi connectivity index (χ0) is 12.3. The summed E-state index contributed by atoms with van der Waals surface area (Å²) < 4.78 is 0. The number of carbonyl (C=O) groups excluding carboxylic acids is 1. The van der Waals surface area contributed by atoms with E-state index in [1.165, 1.54) is 6.92 Å². The highest BCUT2D eigenvalue weighted by Crippen LogP contribution is 2.39. The maximum absolute atomic E-state index is 11.0. The van der Waals surface area contributed by atoms with Gasteiger partial charge in [-0.25, -0.2) is 0 Å². The van der Waals surface area contributed by atoms with Crippen molar-refractivity contribution in [3.8, 4) is 0 Å². The van der Waals surface area contributed by atoms with E-state index in [2.05, 4.69) is 19.0 Å². The van der Waals surface area contributed by atoms with Crippen molar-refractivity contribution in [2.75, 3.05) is 0 Å². The SMILES string of the molecule is CC(=O)C=CC1=C(C)C(=NO)CCC1(C)C. The molecule has 0 spiro atoms. The molecule has 88 valence electrons. The van der Waals surface area contributed by atoms with E-state index in [9.17, 15) is 4.79 Å². The highest BCUT2D eigenvalue weighted by molar-refractivity contribution is 6.01. The van der Waals surface area contributed by atoms with Gasteiger partial charge in [0.2, 0.25) is 0 Å². The fourth-order valence-corrected chi connectivity index (χ4v) is 2.09. The molecule has 1 rings (SSSR count). The van der Waals surface area contributed by atoms with Crippen molar-refractivity contribution in [2.24, 2.45) is 10.6 Å². The lowest BCUT2D eigenvalue weighted by molar-refractivity contribution is -0.112. The van der Waals surface area contributed by atoms with E-state index in [0.717, 1.165) is 29.7 Å². The predicted octanol–water partition coefficient (Wildman–Crippen LogP) is 3.10. The molecule has 0 unspecified atom stereocenters. The van der Waals surface area contributed by atoms with Gasteiger partial charge >= 0.3 is 0 Å². The summed E-state index contributed by atoms with van der Waals surface area (Å²) in [6.45, 7) is 7.76. The Labute approximate surface area is 96.5 Å². The molecule has 0 saturated heterocycles. The zero-order valence-corrected chi connectivity index (χ0v) is 10.4. The Morgan fingerprint density at radius 1 is 1.50 bits per heavy atom. The first kappa shape index (κ1) is 12.7. The molecule has 0 aromatic heterocycles. The first-order valence-electron chi connectivity index (χ1n) is 5.50. The van der Waals surface area contributed by atoms with Crippen LogP contribution in [0.15, 0.2) is 28.5 Å². The minimum Gasteiger partial charge on any atom is -0.411 e. The van der Waals surface area contributed by atoms with Crippen molar-refractivity contribution in [2.45, 2.75) is 40.5 Å². The molecule has 3 nitrogen and oxygen atoms in total. The topological polar surface area (TPSA) is 49.7 Å². The summed E-state index contributed by atoms with van der Waals surface area (Å²) in [6.07, 6.45) is 5.14. The third-order valence-electron chi connectivity index (χ3n) is 3.16. The third kappa shape index (κ3) is 2.60. The standard InChI is InChI=1S/C13H19NO2/c1-9(15)5-6-11-10(2)12(14-16)7-8-13(11,3)4/h5-6,16H,7-8H2,1-4H3. The van der Waals surface area contributed by atoms with Crippen LogP contribution in [0.25, 0.3) is 0 Å². The van der Waals surface area contributed by atoms with Crippen LogP contribution in [0.4, 0.5) is 0 Å². The number of allylic oxidation sites excluding steroid dienone is 4. The molecule has 0 atom stereocenters. The third-order valence-corrected chi connectivity index (χ3v) is 3.16. The summed E-state index contributed by atoms with van der Waals surface area (Å²) in [5, 5.41) is 12.2. The quantitative estimate of drug-likeness (QED) is 0.442. The highest BCUT2D eigenvalue weighted by Gasteiger charge is 2.30. The Bertz CT molecular complexity index is 387. The van der Waals surface area contributed by atoms with Gasteiger partial charge in [-0.15, -0.1) is 0 Å². The average Bonchev–Trinajstić information content (AvgIpc) is 2.16. The number of oxime groups is 1. The Hall–Kier alpha value is -1.38. The molecule has 16 heavy (non-hydrogen) atoms. The minimum absolute atomic E-state index is 0.0316. The Kier molecular flexibility index (Phi) is 3.68. The molecule has 1 aliphatic rings. The highest BCUT2D eigenvalue weighted by atomic mass is 16.4. The Balaban J connectivity index is 3.19. The molecule has 1 aliphatic carbocycles. The van der Waals surface area contributed by atoms with Crippen molar-refractivity contribution < 1.29 is 10.0 Å². The van der Waals surface area contributed by atoms with E-state index in [1.54, 1.807) is 6.08 Å². The van der Waals surface area contributed by atoms with Gasteiger partial charge in [-0.05, 0) is 49.3 Å². The Morgan fingerprint density at radius 3 is 2.62 bits per heavy atom. The number of nitrogens with zero attached hydrogens (tertiary/aromatic N) is 1. The van der Waals surface area contributed by atoms with Crippen molar-refractivity contribution in [1.29, 1.82) is 0 Å². The molecule has 1 N–H and O–H groups in total. The number of rotatable bonds is 2. The molecule has 0 aromatic carbocycles. The maximum atomic E-state index is 11.0. The molecule has 0 bridgehead atoms. The molecule has 0 aliphatic heterocycles. The van der Waals surface area contributed by atoms with Crippen LogP contribution in [0.5, 0.6) is 0 Å². The summed E-state index contributed by atoms with van der Waals surface area (Å²) in [5.74, 6) is 0.0316. The summed E-state index contributed by atoms with van der Waals surface area (Å²) >= 11 is 0. The van der Waals surface area contributed by atoms with Crippen LogP contribution in [-0.4, -0.2) is 16.7 Å². The molecule has 3 heteroatoms. The molecule has 0 fully saturated rings. The second kappa shape index (κ2) is 4.64. The fourth-order valence-electron chi connectivity index (χ4n) is 2.09. The van der Waals surface area contributed by atoms with E-state index >= 15 is 0 Å². The van der Waals surface area contributed by atoms with Gasteiger partial charge in [-0.2, -0.15) is 0 Å². The first-order valence-corrected chi connectivity index (χ1v) is 5.50. The lowest BCUT2D eigenvalue weighted by Crippen LogP contribution is -2.24. The largest absolute Gasteiger partial charge is 0.411 e. The van der Waals surface area contributed by atoms with Crippen molar-refractivity contribution in [3.05, 3.63) is 23.3 Å². The summed E-state index contributed by atoms with van der Waals surface area (Å²) in [5.41, 5.74) is 2.82. The molecule has 0 saturated carbocycles. The zero-order valence-electron chi connectivity index (χ0n) is 10.4. The molecular formula is C13H19NO2. The second-order valence-corrected chi connectivity index (χ2v) is 4.91. The summed E-state index contributed by atoms with van der Waals surface area (Å²) in [6, 6.07) is 0. The van der Waals surface area contributed by atoms with Gasteiger partial charge in [0, 0.05) is 0 Å². The van der Waals surface area contributed by atoms with Crippen LogP contribution in [0.3, 0.4) is 0 Å². The van der Waals surface area contributed by atoms with E-state index in [4.69, 9.17) is 5.21 Å². The van der Waals surface area contributed by atoms with Crippen LogP contribution in [0, 0.1) is 5.41 Å². The van der Waals surface area contributed by atoms with Gasteiger partial charge in [0.1, 0.15) is 0 Å². The maximum Gasteiger partial charge on any atom is 0.152 e. The van der Waals surface area contributed by atoms with Crippen LogP contribution in [-0.2, 0) is 4.79 Å². The van der Waals surface area contributed by atoms with E-state index in [1.807, 2.05) is 13.0 Å². The Morgan fingerprint density at radius 2 is 2.12 bits per heavy atom. The molecule has 0 amide bonds. The van der Waals surface area contributed by atoms with Crippen molar-refractivity contribution in [3.63, 3.8) is 0 Å². The number of hydrogen-bond acceptors (Lipinski definition) is 3. The van der Waals surface area contributed by atoms with Crippen LogP contribution in [0.2, 0.25) is 0 Å². The predicted molar refractivity (Wildman–Crippen MR) is 64.8 cm³/mol. The minimum atomic E-state index is 0.0316. The van der Waals surface area contributed by atoms with Crippen LogP contribution < -0.4 is 0 Å². The normalized spacial score (nSPS) is 23.1. The molecule has 0 radical (unpaired) electrons.